The van der Waals surface area contributed by atoms with E-state index in [-0.39, 0.29) is 18.4 Å². The zero-order valence-corrected chi connectivity index (χ0v) is 11.9. The van der Waals surface area contributed by atoms with Crippen LogP contribution in [-0.2, 0) is 16.0 Å². The van der Waals surface area contributed by atoms with Gasteiger partial charge in [-0.05, 0) is 31.5 Å². The minimum absolute atomic E-state index is 0. The van der Waals surface area contributed by atoms with E-state index in [0.717, 1.165) is 25.2 Å². The highest BCUT2D eigenvalue weighted by Crippen LogP contribution is 2.08. The summed E-state index contributed by atoms with van der Waals surface area (Å²) in [4.78, 5) is 14.0. The Balaban J connectivity index is 0.00000180. The fourth-order valence-corrected chi connectivity index (χ4v) is 2.29. The summed E-state index contributed by atoms with van der Waals surface area (Å²) in [5.74, 6) is -0.127. The Hall–Kier alpha value is -1.06. The molecule has 1 saturated heterocycles. The van der Waals surface area contributed by atoms with Crippen molar-refractivity contribution in [3.05, 3.63) is 35.9 Å². The van der Waals surface area contributed by atoms with Crippen LogP contribution in [0.4, 0.5) is 0 Å². The van der Waals surface area contributed by atoms with Gasteiger partial charge in [0.1, 0.15) is 6.61 Å². The Morgan fingerprint density at radius 3 is 2.47 bits per heavy atom. The number of halogens is 1. The van der Waals surface area contributed by atoms with Gasteiger partial charge in [-0.3, -0.25) is 9.69 Å². The summed E-state index contributed by atoms with van der Waals surface area (Å²) in [6, 6.07) is 9.73. The van der Waals surface area contributed by atoms with Crippen LogP contribution in [0.15, 0.2) is 30.3 Å². The van der Waals surface area contributed by atoms with E-state index in [0.29, 0.717) is 13.0 Å². The third-order valence-corrected chi connectivity index (χ3v) is 3.31. The summed E-state index contributed by atoms with van der Waals surface area (Å²) in [7, 11) is 0. The fourth-order valence-electron chi connectivity index (χ4n) is 2.29. The molecule has 1 aliphatic heterocycles. The summed E-state index contributed by atoms with van der Waals surface area (Å²) < 4.78 is 5.27. The molecule has 0 saturated carbocycles. The zero-order chi connectivity index (χ0) is 12.6. The normalized spacial score (nSPS) is 15.6. The van der Waals surface area contributed by atoms with Gasteiger partial charge in [-0.25, -0.2) is 0 Å². The molecule has 4 heteroatoms. The van der Waals surface area contributed by atoms with E-state index in [2.05, 4.69) is 4.90 Å². The Morgan fingerprint density at radius 2 is 1.79 bits per heavy atom. The second-order valence-corrected chi connectivity index (χ2v) is 4.79. The van der Waals surface area contributed by atoms with Crippen LogP contribution in [0.2, 0.25) is 0 Å². The summed E-state index contributed by atoms with van der Waals surface area (Å²) in [6.07, 6.45) is 4.26. The first-order valence-corrected chi connectivity index (χ1v) is 6.76. The largest absolute Gasteiger partial charge is 1.00 e. The van der Waals surface area contributed by atoms with Crippen LogP contribution in [0.1, 0.15) is 24.8 Å². The number of hydrogen-bond donors (Lipinski definition) is 0. The van der Waals surface area contributed by atoms with Gasteiger partial charge in [0.25, 0.3) is 0 Å². The van der Waals surface area contributed by atoms with Crippen molar-refractivity contribution in [2.75, 3.05) is 26.2 Å². The predicted molar refractivity (Wildman–Crippen MR) is 71.4 cm³/mol. The minimum atomic E-state index is -0.127. The van der Waals surface area contributed by atoms with Gasteiger partial charge in [-0.1, -0.05) is 36.8 Å². The van der Waals surface area contributed by atoms with Gasteiger partial charge in [0.05, 0.1) is 6.42 Å². The molecule has 1 heterocycles. The number of hydrogen-bond acceptors (Lipinski definition) is 3. The number of benzene rings is 1. The topological polar surface area (TPSA) is 29.5 Å². The lowest BCUT2D eigenvalue weighted by Crippen LogP contribution is -3.00. The molecule has 0 amide bonds. The first kappa shape index (κ1) is 16.0. The van der Waals surface area contributed by atoms with E-state index in [9.17, 15) is 4.79 Å². The number of likely N-dealkylation sites (tertiary alicyclic amines) is 1. The maximum atomic E-state index is 11.6. The molecular formula is C15H21ClNO2-. The van der Waals surface area contributed by atoms with Gasteiger partial charge < -0.3 is 17.1 Å². The summed E-state index contributed by atoms with van der Waals surface area (Å²) in [5.41, 5.74) is 1.01. The maximum absolute atomic E-state index is 11.6. The van der Waals surface area contributed by atoms with Gasteiger partial charge >= 0.3 is 5.97 Å². The lowest BCUT2D eigenvalue weighted by molar-refractivity contribution is -0.143. The van der Waals surface area contributed by atoms with E-state index in [1.165, 1.54) is 19.3 Å². The molecule has 0 spiro atoms. The predicted octanol–water partition coefficient (Wildman–Crippen LogP) is -0.738. The van der Waals surface area contributed by atoms with Crippen LogP contribution in [0, 0.1) is 0 Å². The van der Waals surface area contributed by atoms with Gasteiger partial charge in [-0.15, -0.1) is 0 Å². The molecule has 0 unspecified atom stereocenters. The van der Waals surface area contributed by atoms with Gasteiger partial charge in [0, 0.05) is 6.54 Å². The number of esters is 1. The van der Waals surface area contributed by atoms with Crippen LogP contribution in [0.25, 0.3) is 0 Å². The Labute approximate surface area is 121 Å². The van der Waals surface area contributed by atoms with Crippen molar-refractivity contribution in [2.24, 2.45) is 0 Å². The van der Waals surface area contributed by atoms with Gasteiger partial charge in [-0.2, -0.15) is 0 Å². The quantitative estimate of drug-likeness (QED) is 0.667. The average molecular weight is 283 g/mol. The molecule has 0 radical (unpaired) electrons. The Morgan fingerprint density at radius 1 is 1.11 bits per heavy atom. The lowest BCUT2D eigenvalue weighted by Gasteiger charge is -2.25. The van der Waals surface area contributed by atoms with Crippen molar-refractivity contribution in [2.45, 2.75) is 25.7 Å². The van der Waals surface area contributed by atoms with Gasteiger partial charge in [0.15, 0.2) is 0 Å². The van der Waals surface area contributed by atoms with E-state index in [1.807, 2.05) is 30.3 Å². The number of carbonyl (C=O) groups excluding carboxylic acids is 1. The number of piperidine rings is 1. The second-order valence-electron chi connectivity index (χ2n) is 4.79. The highest BCUT2D eigenvalue weighted by Gasteiger charge is 2.10. The molecule has 0 N–H and O–H groups in total. The fraction of sp³-hybridized carbons (Fsp3) is 0.533. The van der Waals surface area contributed by atoms with E-state index in [1.54, 1.807) is 0 Å². The highest BCUT2D eigenvalue weighted by molar-refractivity contribution is 5.72. The van der Waals surface area contributed by atoms with E-state index in [4.69, 9.17) is 4.74 Å². The monoisotopic (exact) mass is 282 g/mol. The maximum Gasteiger partial charge on any atom is 0.310 e. The number of rotatable bonds is 5. The number of ether oxygens (including phenoxy) is 1. The standard InChI is InChI=1S/C15H21NO2.ClH/c17-15(13-14-7-3-1-4-8-14)18-12-11-16-9-5-2-6-10-16;/h1,3-4,7-8H,2,5-6,9-13H2;1H/p-1. The van der Waals surface area contributed by atoms with Crippen molar-refractivity contribution in [3.8, 4) is 0 Å². The van der Waals surface area contributed by atoms with Crippen LogP contribution < -0.4 is 12.4 Å². The van der Waals surface area contributed by atoms with E-state index >= 15 is 0 Å². The molecular weight excluding hydrogens is 262 g/mol. The first-order valence-electron chi connectivity index (χ1n) is 6.76. The molecule has 0 bridgehead atoms. The molecule has 3 nitrogen and oxygen atoms in total. The lowest BCUT2D eigenvalue weighted by atomic mass is 10.1. The molecule has 1 aromatic carbocycles. The smallest absolute Gasteiger partial charge is 0.310 e. The molecule has 0 atom stereocenters. The number of carbonyl (C=O) groups is 1. The van der Waals surface area contributed by atoms with Gasteiger partial charge in [0.2, 0.25) is 0 Å². The molecule has 19 heavy (non-hydrogen) atoms. The summed E-state index contributed by atoms with van der Waals surface area (Å²) >= 11 is 0. The Bertz CT molecular complexity index is 364. The van der Waals surface area contributed by atoms with Crippen LogP contribution in [0.3, 0.4) is 0 Å². The Kier molecular flexibility index (Phi) is 7.53. The van der Waals surface area contributed by atoms with E-state index < -0.39 is 0 Å². The SMILES string of the molecule is O=C(Cc1ccccc1)OCCN1CCCCC1.[Cl-]. The van der Waals surface area contributed by atoms with Crippen molar-refractivity contribution >= 4 is 5.97 Å². The van der Waals surface area contributed by atoms with Crippen LogP contribution >= 0.6 is 0 Å². The van der Waals surface area contributed by atoms with Crippen molar-refractivity contribution in [1.82, 2.24) is 4.90 Å². The third kappa shape index (κ3) is 6.08. The zero-order valence-electron chi connectivity index (χ0n) is 11.2. The van der Waals surface area contributed by atoms with Crippen molar-refractivity contribution < 1.29 is 21.9 Å². The number of nitrogens with zero attached hydrogens (tertiary/aromatic N) is 1. The minimum Gasteiger partial charge on any atom is -1.00 e. The molecule has 1 fully saturated rings. The highest BCUT2D eigenvalue weighted by atomic mass is 35.5. The first-order chi connectivity index (χ1) is 8.84. The van der Waals surface area contributed by atoms with Crippen molar-refractivity contribution in [1.29, 1.82) is 0 Å². The summed E-state index contributed by atoms with van der Waals surface area (Å²) in [5, 5.41) is 0. The third-order valence-electron chi connectivity index (χ3n) is 3.31. The molecule has 1 aromatic rings. The molecule has 2 rings (SSSR count). The average Bonchev–Trinajstić information content (AvgIpc) is 2.41. The summed E-state index contributed by atoms with van der Waals surface area (Å²) in [6.45, 7) is 3.69. The molecule has 1 aliphatic rings. The van der Waals surface area contributed by atoms with Crippen LogP contribution in [-0.4, -0.2) is 37.1 Å². The molecule has 0 aromatic heterocycles. The molecule has 0 aliphatic carbocycles. The second kappa shape index (κ2) is 8.94. The molecule has 106 valence electrons. The van der Waals surface area contributed by atoms with Crippen LogP contribution in [0.5, 0.6) is 0 Å². The van der Waals surface area contributed by atoms with Crippen molar-refractivity contribution in [3.63, 3.8) is 0 Å².